The normalized spacial score (nSPS) is 23.6. The van der Waals surface area contributed by atoms with Crippen molar-refractivity contribution in [2.24, 2.45) is 5.92 Å². The third kappa shape index (κ3) is 4.77. The lowest BCUT2D eigenvalue weighted by Gasteiger charge is -2.27. The summed E-state index contributed by atoms with van der Waals surface area (Å²) in [5, 5.41) is 5.15. The van der Waals surface area contributed by atoms with Crippen LogP contribution in [0, 0.1) is 5.92 Å². The number of hydrogen-bond acceptors (Lipinski definition) is 4. The standard InChI is InChI=1S/C15H26N2O2S2/c1-11(2)16-10-14-15(7-8-20-14)21(18,19)17-13-6-4-5-12(3)9-13/h7-8,11-13,16-17H,4-6,9-10H2,1-3H3. The molecular formula is C15H26N2O2S2. The fourth-order valence-corrected chi connectivity index (χ4v) is 5.50. The molecule has 1 aromatic heterocycles. The highest BCUT2D eigenvalue weighted by molar-refractivity contribution is 7.89. The first-order chi connectivity index (χ1) is 9.88. The highest BCUT2D eigenvalue weighted by Crippen LogP contribution is 2.27. The minimum absolute atomic E-state index is 0.0876. The van der Waals surface area contributed by atoms with Crippen molar-refractivity contribution >= 4 is 21.4 Å². The predicted molar refractivity (Wildman–Crippen MR) is 88.0 cm³/mol. The van der Waals surface area contributed by atoms with Gasteiger partial charge in [0.25, 0.3) is 0 Å². The van der Waals surface area contributed by atoms with E-state index in [0.29, 0.717) is 23.4 Å². The molecule has 0 amide bonds. The molecule has 4 nitrogen and oxygen atoms in total. The Morgan fingerprint density at radius 3 is 2.81 bits per heavy atom. The van der Waals surface area contributed by atoms with Crippen molar-refractivity contribution in [2.45, 2.75) is 70.0 Å². The highest BCUT2D eigenvalue weighted by atomic mass is 32.2. The van der Waals surface area contributed by atoms with Gasteiger partial charge >= 0.3 is 0 Å². The third-order valence-electron chi connectivity index (χ3n) is 3.92. The maximum atomic E-state index is 12.6. The molecule has 1 aromatic rings. The molecule has 0 spiro atoms. The molecule has 0 radical (unpaired) electrons. The molecule has 120 valence electrons. The van der Waals surface area contributed by atoms with Crippen LogP contribution >= 0.6 is 11.3 Å². The molecule has 0 bridgehead atoms. The molecule has 0 aromatic carbocycles. The molecule has 1 heterocycles. The minimum atomic E-state index is -3.40. The van der Waals surface area contributed by atoms with E-state index in [1.165, 1.54) is 17.8 Å². The Bertz CT molecular complexity index is 552. The molecular weight excluding hydrogens is 304 g/mol. The predicted octanol–water partition coefficient (Wildman–Crippen LogP) is 3.10. The van der Waals surface area contributed by atoms with Gasteiger partial charge in [0.1, 0.15) is 0 Å². The maximum absolute atomic E-state index is 12.6. The number of nitrogens with one attached hydrogen (secondary N) is 2. The van der Waals surface area contributed by atoms with Crippen molar-refractivity contribution in [3.05, 3.63) is 16.3 Å². The Morgan fingerprint density at radius 2 is 2.14 bits per heavy atom. The number of thiophene rings is 1. The van der Waals surface area contributed by atoms with Crippen LogP contribution in [0.15, 0.2) is 16.3 Å². The Balaban J connectivity index is 2.07. The van der Waals surface area contributed by atoms with Crippen LogP contribution in [0.3, 0.4) is 0 Å². The van der Waals surface area contributed by atoms with Gasteiger partial charge in [-0.05, 0) is 30.2 Å². The van der Waals surface area contributed by atoms with Crippen molar-refractivity contribution in [3.8, 4) is 0 Å². The summed E-state index contributed by atoms with van der Waals surface area (Å²) in [6, 6.07) is 2.15. The van der Waals surface area contributed by atoms with Crippen molar-refractivity contribution in [2.75, 3.05) is 0 Å². The van der Waals surface area contributed by atoms with Crippen LogP contribution in [0.2, 0.25) is 0 Å². The molecule has 2 unspecified atom stereocenters. The van der Waals surface area contributed by atoms with E-state index in [-0.39, 0.29) is 6.04 Å². The maximum Gasteiger partial charge on any atom is 0.241 e. The molecule has 1 saturated carbocycles. The van der Waals surface area contributed by atoms with Gasteiger partial charge in [0.15, 0.2) is 0 Å². The van der Waals surface area contributed by atoms with Crippen molar-refractivity contribution < 1.29 is 8.42 Å². The Morgan fingerprint density at radius 1 is 1.38 bits per heavy atom. The van der Waals surface area contributed by atoms with Gasteiger partial charge < -0.3 is 5.32 Å². The lowest BCUT2D eigenvalue weighted by atomic mass is 9.88. The summed E-state index contributed by atoms with van der Waals surface area (Å²) in [6.45, 7) is 6.92. The minimum Gasteiger partial charge on any atom is -0.310 e. The van der Waals surface area contributed by atoms with E-state index < -0.39 is 10.0 Å². The average Bonchev–Trinajstić information content (AvgIpc) is 2.85. The van der Waals surface area contributed by atoms with Gasteiger partial charge in [-0.2, -0.15) is 0 Å². The van der Waals surface area contributed by atoms with Crippen LogP contribution in [0.4, 0.5) is 0 Å². The van der Waals surface area contributed by atoms with Crippen molar-refractivity contribution in [1.29, 1.82) is 0 Å². The summed E-state index contributed by atoms with van der Waals surface area (Å²) in [5.74, 6) is 0.607. The Kier molecular flexibility index (Phi) is 5.82. The van der Waals surface area contributed by atoms with Crippen LogP contribution in [0.5, 0.6) is 0 Å². The zero-order chi connectivity index (χ0) is 15.5. The van der Waals surface area contributed by atoms with Crippen molar-refractivity contribution in [3.63, 3.8) is 0 Å². The number of sulfonamides is 1. The number of rotatable bonds is 6. The van der Waals surface area contributed by atoms with Gasteiger partial charge in [0.2, 0.25) is 10.0 Å². The van der Waals surface area contributed by atoms with Crippen LogP contribution in [-0.2, 0) is 16.6 Å². The van der Waals surface area contributed by atoms with Gasteiger partial charge in [0.05, 0.1) is 4.90 Å². The highest BCUT2D eigenvalue weighted by Gasteiger charge is 2.26. The van der Waals surface area contributed by atoms with Gasteiger partial charge in [-0.25, -0.2) is 13.1 Å². The van der Waals surface area contributed by atoms with E-state index in [4.69, 9.17) is 0 Å². The van der Waals surface area contributed by atoms with E-state index in [1.54, 1.807) is 6.07 Å². The average molecular weight is 331 g/mol. The summed E-state index contributed by atoms with van der Waals surface area (Å²) in [7, 11) is -3.40. The van der Waals surface area contributed by atoms with Crippen LogP contribution in [0.1, 0.15) is 51.3 Å². The molecule has 2 atom stereocenters. The topological polar surface area (TPSA) is 58.2 Å². The second kappa shape index (κ2) is 7.22. The summed E-state index contributed by atoms with van der Waals surface area (Å²) in [6.07, 6.45) is 4.22. The van der Waals surface area contributed by atoms with Gasteiger partial charge in [-0.15, -0.1) is 11.3 Å². The van der Waals surface area contributed by atoms with Crippen LogP contribution < -0.4 is 10.0 Å². The number of hydrogen-bond donors (Lipinski definition) is 2. The summed E-state index contributed by atoms with van der Waals surface area (Å²) in [5.41, 5.74) is 0. The molecule has 1 aliphatic carbocycles. The first-order valence-corrected chi connectivity index (χ1v) is 10.1. The molecule has 0 aliphatic heterocycles. The Hall–Kier alpha value is -0.430. The smallest absolute Gasteiger partial charge is 0.241 e. The molecule has 2 rings (SSSR count). The SMILES string of the molecule is CC1CCCC(NS(=O)(=O)c2ccsc2CNC(C)C)C1. The largest absolute Gasteiger partial charge is 0.310 e. The van der Waals surface area contributed by atoms with Gasteiger partial charge in [-0.1, -0.05) is 33.6 Å². The second-order valence-electron chi connectivity index (χ2n) is 6.33. The second-order valence-corrected chi connectivity index (χ2v) is 9.02. The van der Waals surface area contributed by atoms with E-state index in [2.05, 4.69) is 30.8 Å². The zero-order valence-electron chi connectivity index (χ0n) is 13.1. The lowest BCUT2D eigenvalue weighted by Crippen LogP contribution is -2.38. The van der Waals surface area contributed by atoms with E-state index >= 15 is 0 Å². The first kappa shape index (κ1) is 16.9. The summed E-state index contributed by atoms with van der Waals surface area (Å²) < 4.78 is 28.1. The van der Waals surface area contributed by atoms with E-state index in [9.17, 15) is 8.42 Å². The first-order valence-electron chi connectivity index (χ1n) is 7.70. The Labute approximate surface area is 132 Å². The molecule has 1 aliphatic rings. The molecule has 2 N–H and O–H groups in total. The third-order valence-corrected chi connectivity index (χ3v) is 6.58. The van der Waals surface area contributed by atoms with Gasteiger partial charge in [0, 0.05) is 23.5 Å². The zero-order valence-corrected chi connectivity index (χ0v) is 14.7. The summed E-state index contributed by atoms with van der Waals surface area (Å²) >= 11 is 1.50. The van der Waals surface area contributed by atoms with Crippen molar-refractivity contribution in [1.82, 2.24) is 10.0 Å². The van der Waals surface area contributed by atoms with Gasteiger partial charge in [-0.3, -0.25) is 0 Å². The van der Waals surface area contributed by atoms with E-state index in [1.807, 2.05) is 5.38 Å². The van der Waals surface area contributed by atoms with Crippen LogP contribution in [-0.4, -0.2) is 20.5 Å². The summed E-state index contributed by atoms with van der Waals surface area (Å²) in [4.78, 5) is 1.33. The molecule has 1 fully saturated rings. The van der Waals surface area contributed by atoms with E-state index in [0.717, 1.165) is 24.1 Å². The molecule has 21 heavy (non-hydrogen) atoms. The quantitative estimate of drug-likeness (QED) is 0.842. The monoisotopic (exact) mass is 330 g/mol. The lowest BCUT2D eigenvalue weighted by molar-refractivity contribution is 0.327. The molecule has 0 saturated heterocycles. The van der Waals surface area contributed by atoms with Crippen LogP contribution in [0.25, 0.3) is 0 Å². The fourth-order valence-electron chi connectivity index (χ4n) is 2.82. The fraction of sp³-hybridized carbons (Fsp3) is 0.733. The molecule has 6 heteroatoms.